The lowest BCUT2D eigenvalue weighted by Crippen LogP contribution is -1.90. The Kier molecular flexibility index (Phi) is 5.89. The molecule has 4 rings (SSSR count). The Morgan fingerprint density at radius 3 is 2.03 bits per heavy atom. The molecule has 0 aliphatic rings. The first-order valence-electron chi connectivity index (χ1n) is 10.3. The van der Waals surface area contributed by atoms with Gasteiger partial charge in [0.2, 0.25) is 0 Å². The van der Waals surface area contributed by atoms with Gasteiger partial charge >= 0.3 is 0 Å². The molecule has 0 bridgehead atoms. The molecule has 0 aromatic heterocycles. The zero-order chi connectivity index (χ0) is 21.1. The molecule has 0 unspecified atom stereocenters. The number of aryl methyl sites for hydroxylation is 1. The van der Waals surface area contributed by atoms with E-state index in [2.05, 4.69) is 31.2 Å². The van der Waals surface area contributed by atoms with Gasteiger partial charge in [0.05, 0.1) is 0 Å². The molecular weight excluding hydrogens is 381 g/mol. The van der Waals surface area contributed by atoms with Crippen LogP contribution < -0.4 is 0 Å². The Labute approximate surface area is 175 Å². The van der Waals surface area contributed by atoms with E-state index in [0.29, 0.717) is 5.39 Å². The van der Waals surface area contributed by atoms with Gasteiger partial charge in [-0.2, -0.15) is 0 Å². The van der Waals surface area contributed by atoms with Crippen molar-refractivity contribution in [3.05, 3.63) is 95.8 Å². The highest BCUT2D eigenvalue weighted by atomic mass is 19.1. The number of fused-ring (bicyclic) bond motifs is 1. The number of rotatable bonds is 6. The van der Waals surface area contributed by atoms with Gasteiger partial charge in [-0.25, -0.2) is 13.2 Å². The van der Waals surface area contributed by atoms with Crippen molar-refractivity contribution >= 4 is 10.8 Å². The van der Waals surface area contributed by atoms with Crippen LogP contribution in [-0.4, -0.2) is 0 Å². The molecule has 0 saturated heterocycles. The predicted molar refractivity (Wildman–Crippen MR) is 118 cm³/mol. The average molecular weight is 404 g/mol. The molecular formula is C27H23F3. The van der Waals surface area contributed by atoms with Gasteiger partial charge in [-0.05, 0) is 58.7 Å². The van der Waals surface area contributed by atoms with Gasteiger partial charge in [0.25, 0.3) is 0 Å². The summed E-state index contributed by atoms with van der Waals surface area (Å²) in [5.74, 6) is -1.92. The van der Waals surface area contributed by atoms with Gasteiger partial charge in [-0.15, -0.1) is 0 Å². The molecule has 0 radical (unpaired) electrons. The van der Waals surface area contributed by atoms with E-state index in [1.165, 1.54) is 24.8 Å². The quantitative estimate of drug-likeness (QED) is 0.283. The van der Waals surface area contributed by atoms with Crippen LogP contribution in [0.4, 0.5) is 13.2 Å². The van der Waals surface area contributed by atoms with E-state index < -0.39 is 17.5 Å². The van der Waals surface area contributed by atoms with E-state index in [-0.39, 0.29) is 11.1 Å². The standard InChI is InChI=1S/C27H23F3/c1-2-3-4-5-18-6-8-19(9-7-18)20-10-12-25-21(14-20)11-13-26(27(25)30)22-15-23(28)17-24(29)16-22/h6-17H,2-5H2,1H3. The molecule has 3 heteroatoms. The molecule has 0 aliphatic heterocycles. The number of unbranched alkanes of at least 4 members (excludes halogenated alkanes) is 2. The Bertz CT molecular complexity index is 1160. The van der Waals surface area contributed by atoms with Gasteiger partial charge in [0, 0.05) is 17.0 Å². The maximum absolute atomic E-state index is 15.1. The van der Waals surface area contributed by atoms with E-state index >= 15 is 4.39 Å². The molecule has 0 aliphatic carbocycles. The van der Waals surface area contributed by atoms with Crippen LogP contribution in [0, 0.1) is 17.5 Å². The Morgan fingerprint density at radius 2 is 1.33 bits per heavy atom. The van der Waals surface area contributed by atoms with Gasteiger partial charge in [-0.1, -0.05) is 68.3 Å². The molecule has 0 nitrogen and oxygen atoms in total. The second-order valence-corrected chi connectivity index (χ2v) is 7.68. The minimum absolute atomic E-state index is 0.185. The lowest BCUT2D eigenvalue weighted by Gasteiger charge is -2.10. The number of hydrogen-bond donors (Lipinski definition) is 0. The van der Waals surface area contributed by atoms with Crippen molar-refractivity contribution in [1.82, 2.24) is 0 Å². The van der Waals surface area contributed by atoms with Gasteiger partial charge in [-0.3, -0.25) is 0 Å². The second kappa shape index (κ2) is 8.74. The fraction of sp³-hybridized carbons (Fsp3) is 0.185. The monoisotopic (exact) mass is 404 g/mol. The maximum Gasteiger partial charge on any atom is 0.138 e. The minimum Gasteiger partial charge on any atom is -0.207 e. The minimum atomic E-state index is -0.724. The van der Waals surface area contributed by atoms with Crippen LogP contribution in [0.25, 0.3) is 33.0 Å². The summed E-state index contributed by atoms with van der Waals surface area (Å²) in [5.41, 5.74) is 3.78. The van der Waals surface area contributed by atoms with Crippen LogP contribution in [0.1, 0.15) is 31.7 Å². The highest BCUT2D eigenvalue weighted by Crippen LogP contribution is 2.32. The summed E-state index contributed by atoms with van der Waals surface area (Å²) in [4.78, 5) is 0. The first-order chi connectivity index (χ1) is 14.5. The molecule has 152 valence electrons. The zero-order valence-corrected chi connectivity index (χ0v) is 16.9. The van der Waals surface area contributed by atoms with E-state index in [9.17, 15) is 8.78 Å². The molecule has 30 heavy (non-hydrogen) atoms. The van der Waals surface area contributed by atoms with Crippen molar-refractivity contribution in [1.29, 1.82) is 0 Å². The van der Waals surface area contributed by atoms with Crippen LogP contribution in [0.15, 0.2) is 72.8 Å². The lowest BCUT2D eigenvalue weighted by molar-refractivity contribution is 0.583. The predicted octanol–water partition coefficient (Wildman–Crippen LogP) is 8.32. The highest BCUT2D eigenvalue weighted by molar-refractivity contribution is 5.91. The molecule has 4 aromatic rings. The van der Waals surface area contributed by atoms with E-state index in [1.807, 2.05) is 12.1 Å². The third-order valence-corrected chi connectivity index (χ3v) is 5.48. The zero-order valence-electron chi connectivity index (χ0n) is 16.9. The summed E-state index contributed by atoms with van der Waals surface area (Å²) in [6.07, 6.45) is 4.73. The molecule has 0 amide bonds. The van der Waals surface area contributed by atoms with Crippen molar-refractivity contribution < 1.29 is 13.2 Å². The van der Waals surface area contributed by atoms with Crippen LogP contribution in [0.5, 0.6) is 0 Å². The smallest absolute Gasteiger partial charge is 0.138 e. The van der Waals surface area contributed by atoms with Crippen molar-refractivity contribution in [2.24, 2.45) is 0 Å². The molecule has 0 heterocycles. The Hall–Kier alpha value is -3.07. The van der Waals surface area contributed by atoms with Crippen LogP contribution in [0.2, 0.25) is 0 Å². The van der Waals surface area contributed by atoms with Crippen molar-refractivity contribution in [2.75, 3.05) is 0 Å². The number of benzene rings is 4. The van der Waals surface area contributed by atoms with Crippen LogP contribution >= 0.6 is 0 Å². The summed E-state index contributed by atoms with van der Waals surface area (Å²) in [5, 5.41) is 1.18. The summed E-state index contributed by atoms with van der Waals surface area (Å²) in [6.45, 7) is 2.20. The van der Waals surface area contributed by atoms with Crippen LogP contribution in [-0.2, 0) is 6.42 Å². The molecule has 0 fully saturated rings. The molecule has 0 spiro atoms. The normalized spacial score (nSPS) is 11.2. The van der Waals surface area contributed by atoms with Crippen molar-refractivity contribution in [2.45, 2.75) is 32.6 Å². The Morgan fingerprint density at radius 1 is 0.633 bits per heavy atom. The average Bonchev–Trinajstić information content (AvgIpc) is 2.74. The summed E-state index contributed by atoms with van der Waals surface area (Å²) < 4.78 is 42.2. The first-order valence-corrected chi connectivity index (χ1v) is 10.3. The van der Waals surface area contributed by atoms with E-state index in [4.69, 9.17) is 0 Å². The summed E-state index contributed by atoms with van der Waals surface area (Å²) in [6, 6.07) is 20.5. The fourth-order valence-corrected chi connectivity index (χ4v) is 3.85. The largest absolute Gasteiger partial charge is 0.207 e. The maximum atomic E-state index is 15.1. The third kappa shape index (κ3) is 4.25. The van der Waals surface area contributed by atoms with Gasteiger partial charge in [0.1, 0.15) is 17.5 Å². The van der Waals surface area contributed by atoms with Gasteiger partial charge < -0.3 is 0 Å². The van der Waals surface area contributed by atoms with Crippen molar-refractivity contribution in [3.63, 3.8) is 0 Å². The number of halogens is 3. The van der Waals surface area contributed by atoms with Crippen molar-refractivity contribution in [3.8, 4) is 22.3 Å². The SMILES string of the molecule is CCCCCc1ccc(-c2ccc3c(F)c(-c4cc(F)cc(F)c4)ccc3c2)cc1. The van der Waals surface area contributed by atoms with E-state index in [1.54, 1.807) is 18.2 Å². The topological polar surface area (TPSA) is 0 Å². The van der Waals surface area contributed by atoms with Gasteiger partial charge in [0.15, 0.2) is 0 Å². The summed E-state index contributed by atoms with van der Waals surface area (Å²) in [7, 11) is 0. The van der Waals surface area contributed by atoms with Crippen LogP contribution in [0.3, 0.4) is 0 Å². The second-order valence-electron chi connectivity index (χ2n) is 7.68. The summed E-state index contributed by atoms with van der Waals surface area (Å²) >= 11 is 0. The molecule has 0 N–H and O–H groups in total. The fourth-order valence-electron chi connectivity index (χ4n) is 3.85. The lowest BCUT2D eigenvalue weighted by atomic mass is 9.96. The van der Waals surface area contributed by atoms with E-state index in [0.717, 1.165) is 41.1 Å². The first kappa shape index (κ1) is 20.2. The third-order valence-electron chi connectivity index (χ3n) is 5.48. The highest BCUT2D eigenvalue weighted by Gasteiger charge is 2.12. The Balaban J connectivity index is 1.65. The molecule has 4 aromatic carbocycles. The molecule has 0 atom stereocenters. The molecule has 0 saturated carbocycles. The number of hydrogen-bond acceptors (Lipinski definition) is 0.